The molecule has 2 fully saturated rings. The van der Waals surface area contributed by atoms with E-state index < -0.39 is 17.7 Å². The van der Waals surface area contributed by atoms with Crippen LogP contribution in [-0.4, -0.2) is 48.3 Å². The average Bonchev–Trinajstić information content (AvgIpc) is 3.48. The van der Waals surface area contributed by atoms with Crippen LogP contribution in [0.4, 0.5) is 9.93 Å². The number of carbonyl (C=O) groups excluding carboxylic acids is 3. The number of hydrogen-bond donors (Lipinski definition) is 2. The predicted molar refractivity (Wildman–Crippen MR) is 165 cm³/mol. The maximum Gasteiger partial charge on any atom is 0.408 e. The minimum Gasteiger partial charge on any atom is -0.497 e. The molecule has 2 N–H and O–H groups in total. The monoisotopic (exact) mass is 611 g/mol. The van der Waals surface area contributed by atoms with Crippen LogP contribution in [0.15, 0.2) is 24.4 Å². The fourth-order valence-corrected chi connectivity index (χ4v) is 8.65. The standard InChI is InChI=1S/C33H45N3O6S/c1-19-17-34-30(43-19)36-27(37)12-8-21-16-26(41-28(38)18-35-31(39)42-32(2,3)4)33(5)14-13-24-23-11-9-22(40-6)15-20(23)7-10-25(24)29(21)33/h9,11,15,17,21,24-26,29H,7-8,10,12-14,16,18H2,1-6H3,(H,35,39)(H,34,36,37). The number of anilines is 1. The third-order valence-electron chi connectivity index (χ3n) is 9.65. The van der Waals surface area contributed by atoms with Gasteiger partial charge >= 0.3 is 12.1 Å². The molecule has 43 heavy (non-hydrogen) atoms. The molecule has 0 saturated heterocycles. The van der Waals surface area contributed by atoms with Gasteiger partial charge in [0.15, 0.2) is 5.13 Å². The van der Waals surface area contributed by atoms with Crippen molar-refractivity contribution in [3.8, 4) is 5.75 Å². The number of benzene rings is 1. The molecule has 234 valence electrons. The molecular formula is C33H45N3O6S. The molecule has 6 unspecified atom stereocenters. The Morgan fingerprint density at radius 3 is 2.67 bits per heavy atom. The van der Waals surface area contributed by atoms with E-state index in [2.05, 4.69) is 40.7 Å². The van der Waals surface area contributed by atoms with Gasteiger partial charge in [0.25, 0.3) is 0 Å². The highest BCUT2D eigenvalue weighted by Crippen LogP contribution is 2.64. The molecule has 1 aromatic heterocycles. The molecule has 3 aliphatic rings. The first-order valence-corrected chi connectivity index (χ1v) is 16.2. The van der Waals surface area contributed by atoms with Gasteiger partial charge in [-0.1, -0.05) is 13.0 Å². The van der Waals surface area contributed by atoms with Crippen molar-refractivity contribution in [2.75, 3.05) is 19.0 Å². The number of aryl methyl sites for hydroxylation is 2. The van der Waals surface area contributed by atoms with Crippen LogP contribution in [0.2, 0.25) is 0 Å². The molecular weight excluding hydrogens is 566 g/mol. The van der Waals surface area contributed by atoms with Gasteiger partial charge in [-0.15, -0.1) is 11.3 Å². The van der Waals surface area contributed by atoms with Crippen molar-refractivity contribution < 1.29 is 28.6 Å². The zero-order chi connectivity index (χ0) is 30.9. The molecule has 0 radical (unpaired) electrons. The number of nitrogens with one attached hydrogen (secondary N) is 2. The summed E-state index contributed by atoms with van der Waals surface area (Å²) in [7, 11) is 1.71. The Morgan fingerprint density at radius 1 is 1.19 bits per heavy atom. The molecule has 0 aliphatic heterocycles. The first kappa shape index (κ1) is 31.3. The molecule has 5 rings (SSSR count). The van der Waals surface area contributed by atoms with Crippen molar-refractivity contribution in [2.24, 2.45) is 23.2 Å². The number of methoxy groups -OCH3 is 1. The Kier molecular flexibility index (Phi) is 9.07. The largest absolute Gasteiger partial charge is 0.497 e. The van der Waals surface area contributed by atoms with Crippen molar-refractivity contribution in [2.45, 2.75) is 97.2 Å². The first-order valence-electron chi connectivity index (χ1n) is 15.4. The topological polar surface area (TPSA) is 116 Å². The molecule has 9 nitrogen and oxygen atoms in total. The van der Waals surface area contributed by atoms with Gasteiger partial charge in [0.1, 0.15) is 24.0 Å². The number of aromatic nitrogens is 1. The van der Waals surface area contributed by atoms with Crippen LogP contribution in [0, 0.1) is 30.1 Å². The van der Waals surface area contributed by atoms with E-state index in [-0.39, 0.29) is 29.9 Å². The lowest BCUT2D eigenvalue weighted by molar-refractivity contribution is -0.156. The molecule has 3 aliphatic carbocycles. The molecule has 2 amide bonds. The Morgan fingerprint density at radius 2 is 1.98 bits per heavy atom. The highest BCUT2D eigenvalue weighted by atomic mass is 32.1. The van der Waals surface area contributed by atoms with Gasteiger partial charge < -0.3 is 24.8 Å². The van der Waals surface area contributed by atoms with Gasteiger partial charge in [0.2, 0.25) is 5.91 Å². The summed E-state index contributed by atoms with van der Waals surface area (Å²) in [5.41, 5.74) is 1.92. The van der Waals surface area contributed by atoms with E-state index in [1.165, 1.54) is 22.5 Å². The van der Waals surface area contributed by atoms with E-state index in [0.29, 0.717) is 35.7 Å². The van der Waals surface area contributed by atoms with Gasteiger partial charge in [-0.25, -0.2) is 9.78 Å². The number of ether oxygens (including phenoxy) is 3. The number of esters is 1. The smallest absolute Gasteiger partial charge is 0.408 e. The number of thiazole rings is 1. The Balaban J connectivity index is 1.32. The van der Waals surface area contributed by atoms with Gasteiger partial charge in [0, 0.05) is 22.9 Å². The van der Waals surface area contributed by atoms with Crippen molar-refractivity contribution in [1.29, 1.82) is 0 Å². The SMILES string of the molecule is COc1ccc2c(c1)CCC1C2CCC2(C)C(OC(=O)CNC(=O)OC(C)(C)C)CC(CCC(=O)Nc3ncc(C)s3)C12. The van der Waals surface area contributed by atoms with E-state index in [4.69, 9.17) is 14.2 Å². The fourth-order valence-electron chi connectivity index (χ4n) is 7.97. The second-order valence-electron chi connectivity index (χ2n) is 13.6. The Labute approximate surface area is 258 Å². The summed E-state index contributed by atoms with van der Waals surface area (Å²) in [5.74, 6) is 1.82. The Bertz CT molecular complexity index is 1350. The van der Waals surface area contributed by atoms with Crippen LogP contribution in [-0.2, 0) is 25.5 Å². The second-order valence-corrected chi connectivity index (χ2v) is 14.9. The second kappa shape index (κ2) is 12.5. The summed E-state index contributed by atoms with van der Waals surface area (Å²) in [6.45, 7) is 9.33. The van der Waals surface area contributed by atoms with Crippen LogP contribution in [0.5, 0.6) is 5.75 Å². The third kappa shape index (κ3) is 7.00. The van der Waals surface area contributed by atoms with E-state index in [9.17, 15) is 14.4 Å². The highest BCUT2D eigenvalue weighted by molar-refractivity contribution is 7.15. The lowest BCUT2D eigenvalue weighted by Crippen LogP contribution is -2.47. The van der Waals surface area contributed by atoms with Crippen molar-refractivity contribution >= 4 is 34.4 Å². The summed E-state index contributed by atoms with van der Waals surface area (Å²) < 4.78 is 16.9. The lowest BCUT2D eigenvalue weighted by atomic mass is 9.53. The van der Waals surface area contributed by atoms with Gasteiger partial charge in [-0.3, -0.25) is 9.59 Å². The summed E-state index contributed by atoms with van der Waals surface area (Å²) in [5, 5.41) is 6.11. The van der Waals surface area contributed by atoms with Gasteiger partial charge in [0.05, 0.1) is 7.11 Å². The molecule has 0 spiro atoms. The van der Waals surface area contributed by atoms with Gasteiger partial charge in [-0.2, -0.15) is 0 Å². The van der Waals surface area contributed by atoms with E-state index in [1.54, 1.807) is 34.1 Å². The quantitative estimate of drug-likeness (QED) is 0.332. The number of alkyl carbamates (subject to hydrolysis) is 1. The van der Waals surface area contributed by atoms with Crippen LogP contribution < -0.4 is 15.4 Å². The summed E-state index contributed by atoms with van der Waals surface area (Å²) >= 11 is 1.47. The van der Waals surface area contributed by atoms with E-state index >= 15 is 0 Å². The summed E-state index contributed by atoms with van der Waals surface area (Å²) in [6.07, 6.45) is 6.67. The normalized spacial score (nSPS) is 27.7. The van der Waals surface area contributed by atoms with Crippen LogP contribution in [0.25, 0.3) is 0 Å². The van der Waals surface area contributed by atoms with Crippen molar-refractivity contribution in [3.05, 3.63) is 40.4 Å². The number of carbonyl (C=O) groups is 3. The third-order valence-corrected chi connectivity index (χ3v) is 10.5. The zero-order valence-electron chi connectivity index (χ0n) is 26.2. The van der Waals surface area contributed by atoms with Crippen molar-refractivity contribution in [1.82, 2.24) is 10.3 Å². The fraction of sp³-hybridized carbons (Fsp3) is 0.636. The molecule has 0 bridgehead atoms. The van der Waals surface area contributed by atoms with Crippen LogP contribution in [0.3, 0.4) is 0 Å². The molecule has 2 aromatic rings. The van der Waals surface area contributed by atoms with Gasteiger partial charge in [-0.05, 0) is 113 Å². The minimum atomic E-state index is -0.652. The van der Waals surface area contributed by atoms with Crippen LogP contribution >= 0.6 is 11.3 Å². The minimum absolute atomic E-state index is 0.0356. The maximum atomic E-state index is 13.0. The molecule has 2 saturated carbocycles. The number of amides is 2. The Hall–Kier alpha value is -3.14. The van der Waals surface area contributed by atoms with E-state index in [0.717, 1.165) is 42.7 Å². The molecule has 1 aromatic carbocycles. The zero-order valence-corrected chi connectivity index (χ0v) is 27.0. The summed E-state index contributed by atoms with van der Waals surface area (Å²) in [4.78, 5) is 43.4. The number of rotatable bonds is 8. The number of nitrogens with zero attached hydrogens (tertiary/aromatic N) is 1. The molecule has 6 atom stereocenters. The molecule has 10 heteroatoms. The number of fused-ring (bicyclic) bond motifs is 5. The van der Waals surface area contributed by atoms with Crippen molar-refractivity contribution in [3.63, 3.8) is 0 Å². The predicted octanol–water partition coefficient (Wildman–Crippen LogP) is 6.40. The lowest BCUT2D eigenvalue weighted by Gasteiger charge is -2.51. The maximum absolute atomic E-state index is 13.0. The first-order chi connectivity index (χ1) is 20.4. The average molecular weight is 612 g/mol. The highest BCUT2D eigenvalue weighted by Gasteiger charge is 2.60. The van der Waals surface area contributed by atoms with E-state index in [1.807, 2.05) is 6.92 Å². The summed E-state index contributed by atoms with van der Waals surface area (Å²) in [6, 6.07) is 6.48. The molecule has 1 heterocycles. The van der Waals surface area contributed by atoms with Crippen LogP contribution in [0.1, 0.15) is 88.1 Å². The number of hydrogen-bond acceptors (Lipinski definition) is 8.